The molecule has 1 amide bonds. The molecule has 3 aromatic rings. The number of nitrogens with zero attached hydrogens (tertiary/aromatic N) is 2. The summed E-state index contributed by atoms with van der Waals surface area (Å²) in [7, 11) is -4.25. The second kappa shape index (κ2) is 19.6. The Morgan fingerprint density at radius 2 is 1.63 bits per heavy atom. The lowest BCUT2D eigenvalue weighted by Gasteiger charge is -2.14. The van der Waals surface area contributed by atoms with Crippen LogP contribution >= 0.6 is 11.8 Å². The highest BCUT2D eigenvalue weighted by molar-refractivity contribution is 7.99. The van der Waals surface area contributed by atoms with Crippen molar-refractivity contribution >= 4 is 33.5 Å². The molecule has 0 saturated carbocycles. The summed E-state index contributed by atoms with van der Waals surface area (Å²) in [6, 6.07) is 14.6. The zero-order valence-electron chi connectivity index (χ0n) is 28.6. The molecule has 2 aromatic carbocycles. The number of esters is 1. The Morgan fingerprint density at radius 1 is 0.980 bits per heavy atom. The van der Waals surface area contributed by atoms with Crippen LogP contribution in [0.4, 0.5) is 0 Å². The first-order chi connectivity index (χ1) is 23.4. The summed E-state index contributed by atoms with van der Waals surface area (Å²) in [6.07, 6.45) is 10.4. The number of nitrogens with one attached hydrogen (secondary N) is 1. The van der Waals surface area contributed by atoms with Crippen molar-refractivity contribution in [1.82, 2.24) is 10.5 Å². The minimum Gasteiger partial charge on any atom is -0.461 e. The number of carbonyl (C=O) groups excluding carboxylic acids is 2. The molecule has 3 rings (SSSR count). The summed E-state index contributed by atoms with van der Waals surface area (Å²) in [5, 5.41) is 17.3. The molecule has 0 radical (unpaired) electrons. The van der Waals surface area contributed by atoms with Crippen LogP contribution in [0.3, 0.4) is 0 Å². The molecule has 49 heavy (non-hydrogen) atoms. The van der Waals surface area contributed by atoms with Gasteiger partial charge < -0.3 is 20.0 Å². The fraction of sp³-hybridized carbons (Fsp3) is 0.389. The van der Waals surface area contributed by atoms with Crippen molar-refractivity contribution in [2.45, 2.75) is 87.6 Å². The molecule has 0 spiro atoms. The van der Waals surface area contributed by atoms with Crippen LogP contribution in [0.1, 0.15) is 77.1 Å². The van der Waals surface area contributed by atoms with E-state index in [0.717, 1.165) is 30.6 Å². The fourth-order valence-electron chi connectivity index (χ4n) is 4.53. The highest BCUT2D eigenvalue weighted by atomic mass is 32.2. The number of amides is 1. The van der Waals surface area contributed by atoms with E-state index in [2.05, 4.69) is 61.0 Å². The molecule has 0 bridgehead atoms. The van der Waals surface area contributed by atoms with Gasteiger partial charge in [0.05, 0.1) is 22.2 Å². The van der Waals surface area contributed by atoms with Crippen LogP contribution in [0.5, 0.6) is 5.88 Å². The molecule has 13 heteroatoms. The Bertz CT molecular complexity index is 1740. The minimum atomic E-state index is -4.25. The third kappa shape index (κ3) is 12.9. The molecule has 1 atom stereocenters. The van der Waals surface area contributed by atoms with Crippen molar-refractivity contribution in [2.75, 3.05) is 18.9 Å². The van der Waals surface area contributed by atoms with E-state index in [4.69, 9.17) is 9.47 Å². The Labute approximate surface area is 292 Å². The number of thioether (sulfide) groups is 1. The number of rotatable bonds is 19. The molecule has 0 fully saturated rings. The predicted molar refractivity (Wildman–Crippen MR) is 188 cm³/mol. The molecular weight excluding hydrogens is 667 g/mol. The largest absolute Gasteiger partial charge is 0.461 e. The van der Waals surface area contributed by atoms with Gasteiger partial charge in [-0.1, -0.05) is 65.3 Å². The van der Waals surface area contributed by atoms with Gasteiger partial charge in [-0.25, -0.2) is 8.42 Å². The number of sulfone groups is 1. The van der Waals surface area contributed by atoms with Crippen molar-refractivity contribution < 1.29 is 37.0 Å². The third-order valence-corrected chi connectivity index (χ3v) is 9.99. The molecule has 0 aliphatic rings. The zero-order chi connectivity index (χ0) is 35.8. The highest BCUT2D eigenvalue weighted by Gasteiger charge is 2.35. The average molecular weight is 712 g/mol. The number of hydrogen-bond donors (Lipinski definition) is 1. The predicted octanol–water partition coefficient (Wildman–Crippen LogP) is 6.78. The number of carbonyl (C=O) groups is 2. The maximum atomic E-state index is 12.9. The normalized spacial score (nSPS) is 12.7. The first-order valence-corrected chi connectivity index (χ1v) is 18.5. The van der Waals surface area contributed by atoms with Gasteiger partial charge in [0.1, 0.15) is 12.6 Å². The van der Waals surface area contributed by atoms with Crippen molar-refractivity contribution in [3.8, 4) is 5.88 Å². The van der Waals surface area contributed by atoms with Gasteiger partial charge in [0.15, 0.2) is 0 Å². The average Bonchev–Trinajstić information content (AvgIpc) is 3.44. The van der Waals surface area contributed by atoms with Gasteiger partial charge in [-0.05, 0) is 89.5 Å². The lowest BCUT2D eigenvalue weighted by atomic mass is 10.1. The molecule has 1 unspecified atom stereocenters. The van der Waals surface area contributed by atoms with Gasteiger partial charge in [0.25, 0.3) is 15.7 Å². The van der Waals surface area contributed by atoms with Crippen LogP contribution < -0.4 is 15.0 Å². The van der Waals surface area contributed by atoms with E-state index >= 15 is 0 Å². The summed E-state index contributed by atoms with van der Waals surface area (Å²) in [5.74, 6) is -0.837. The SMILES string of the molecule is CC(C)=CCC/C(C)=C/CC/C(C)=C/CSc1ccccc1C(=O)NCC(=O)OC(C)CCOc1no[n+]([O-])c1S(=O)(=O)c1ccccc1. The van der Waals surface area contributed by atoms with Crippen molar-refractivity contribution in [3.63, 3.8) is 0 Å². The molecule has 1 aromatic heterocycles. The highest BCUT2D eigenvalue weighted by Crippen LogP contribution is 2.26. The Hall–Kier alpha value is -4.36. The van der Waals surface area contributed by atoms with E-state index in [0.29, 0.717) is 11.3 Å². The van der Waals surface area contributed by atoms with Crippen LogP contribution in [0.25, 0.3) is 0 Å². The molecular formula is C36H45N3O8S2. The summed E-state index contributed by atoms with van der Waals surface area (Å²) in [6.45, 7) is 9.68. The second-order valence-corrected chi connectivity index (χ2v) is 14.7. The Balaban J connectivity index is 1.42. The smallest absolute Gasteiger partial charge is 0.414 e. The number of aromatic nitrogens is 2. The molecule has 0 aliphatic heterocycles. The number of hydrogen-bond acceptors (Lipinski definition) is 10. The molecule has 0 saturated heterocycles. The summed E-state index contributed by atoms with van der Waals surface area (Å²) < 4.78 is 41.0. The van der Waals surface area contributed by atoms with Crippen molar-refractivity contribution in [3.05, 3.63) is 100 Å². The van der Waals surface area contributed by atoms with Crippen LogP contribution in [0, 0.1) is 5.21 Å². The van der Waals surface area contributed by atoms with E-state index in [9.17, 15) is 23.2 Å². The van der Waals surface area contributed by atoms with Crippen LogP contribution in [0.2, 0.25) is 0 Å². The van der Waals surface area contributed by atoms with Gasteiger partial charge in [-0.15, -0.1) is 11.8 Å². The maximum Gasteiger partial charge on any atom is 0.414 e. The van der Waals surface area contributed by atoms with Crippen LogP contribution in [-0.2, 0) is 19.4 Å². The zero-order valence-corrected chi connectivity index (χ0v) is 30.3. The molecule has 264 valence electrons. The molecule has 1 heterocycles. The molecule has 11 nitrogen and oxygen atoms in total. The van der Waals surface area contributed by atoms with Crippen molar-refractivity contribution in [1.29, 1.82) is 0 Å². The number of benzene rings is 2. The third-order valence-electron chi connectivity index (χ3n) is 7.27. The molecule has 0 aliphatic carbocycles. The van der Waals surface area contributed by atoms with Gasteiger partial charge >= 0.3 is 16.9 Å². The van der Waals surface area contributed by atoms with Gasteiger partial charge in [-0.2, -0.15) is 0 Å². The van der Waals surface area contributed by atoms with E-state index < -0.39 is 38.7 Å². The fourth-order valence-corrected chi connectivity index (χ4v) is 6.86. The van der Waals surface area contributed by atoms with E-state index in [1.165, 1.54) is 41.0 Å². The number of allylic oxidation sites excluding steroid dienone is 5. The monoisotopic (exact) mass is 711 g/mol. The first-order valence-electron chi connectivity index (χ1n) is 16.0. The van der Waals surface area contributed by atoms with Gasteiger partial charge in [0.2, 0.25) is 0 Å². The number of ether oxygens (including phenoxy) is 2. The Kier molecular flexibility index (Phi) is 15.6. The standard InChI is InChI=1S/C36H45N3O8S2/c1-26(2)13-11-14-27(3)15-12-16-28(4)22-24-48-32-20-10-9-19-31(32)34(41)37-25-33(40)46-29(5)21-23-45-35-36(39(42)47-38-35)49(43,44)30-17-7-6-8-18-30/h6-10,13,15,17-20,22,29H,11-12,14,16,21,23-25H2,1-5H3,(H,37,41)/b27-15+,28-22+. The lowest BCUT2D eigenvalue weighted by Crippen LogP contribution is -2.32. The Morgan fingerprint density at radius 3 is 2.35 bits per heavy atom. The van der Waals surface area contributed by atoms with Crippen LogP contribution in [-0.4, -0.2) is 50.5 Å². The summed E-state index contributed by atoms with van der Waals surface area (Å²) in [4.78, 5) is 25.9. The molecule has 1 N–H and O–H groups in total. The summed E-state index contributed by atoms with van der Waals surface area (Å²) >= 11 is 1.55. The summed E-state index contributed by atoms with van der Waals surface area (Å²) in [5.41, 5.74) is 4.51. The van der Waals surface area contributed by atoms with Gasteiger partial charge in [0, 0.05) is 17.1 Å². The van der Waals surface area contributed by atoms with Crippen LogP contribution in [0.15, 0.2) is 109 Å². The van der Waals surface area contributed by atoms with E-state index in [1.807, 2.05) is 12.1 Å². The lowest BCUT2D eigenvalue weighted by molar-refractivity contribution is -0.832. The van der Waals surface area contributed by atoms with Crippen molar-refractivity contribution in [2.24, 2.45) is 0 Å². The van der Waals surface area contributed by atoms with Gasteiger partial charge in [-0.3, -0.25) is 14.2 Å². The quantitative estimate of drug-likeness (QED) is 0.0610. The maximum absolute atomic E-state index is 12.9. The van der Waals surface area contributed by atoms with E-state index in [1.54, 1.807) is 36.9 Å². The minimum absolute atomic E-state index is 0.124. The van der Waals surface area contributed by atoms with E-state index in [-0.39, 0.29) is 29.4 Å². The second-order valence-electron chi connectivity index (χ2n) is 11.7. The first kappa shape index (κ1) is 39.1. The topological polar surface area (TPSA) is 152 Å².